The second kappa shape index (κ2) is 5.43. The van der Waals surface area contributed by atoms with E-state index in [1.165, 1.54) is 4.68 Å². The van der Waals surface area contributed by atoms with Gasteiger partial charge in [-0.2, -0.15) is 5.10 Å². The lowest BCUT2D eigenvalue weighted by atomic mass is 10.2. The highest BCUT2D eigenvalue weighted by atomic mass is 16.5. The molecule has 0 bridgehead atoms. The minimum Gasteiger partial charge on any atom is -0.493 e. The summed E-state index contributed by atoms with van der Waals surface area (Å²) in [5, 5.41) is 4.24. The maximum atomic E-state index is 5.70. The third-order valence-electron chi connectivity index (χ3n) is 2.57. The Labute approximate surface area is 111 Å². The molecule has 100 valence electrons. The average molecular weight is 260 g/mol. The number of rotatable bonds is 4. The lowest BCUT2D eigenvalue weighted by Gasteiger charge is -2.07. The average Bonchev–Trinajstić information content (AvgIpc) is 2.74. The van der Waals surface area contributed by atoms with Crippen LogP contribution in [0, 0.1) is 6.92 Å². The van der Waals surface area contributed by atoms with Crippen molar-refractivity contribution in [2.24, 2.45) is 5.10 Å². The van der Waals surface area contributed by atoms with Gasteiger partial charge < -0.3 is 15.2 Å². The van der Waals surface area contributed by atoms with Gasteiger partial charge in [0.1, 0.15) is 0 Å². The molecule has 0 aliphatic rings. The van der Waals surface area contributed by atoms with Crippen LogP contribution in [0.3, 0.4) is 0 Å². The van der Waals surface area contributed by atoms with Crippen LogP contribution in [0.1, 0.15) is 11.3 Å². The normalized spacial score (nSPS) is 10.9. The van der Waals surface area contributed by atoms with Crippen LogP contribution in [0.2, 0.25) is 0 Å². The van der Waals surface area contributed by atoms with Crippen molar-refractivity contribution < 1.29 is 9.47 Å². The van der Waals surface area contributed by atoms with Crippen molar-refractivity contribution in [1.82, 2.24) is 9.66 Å². The van der Waals surface area contributed by atoms with Gasteiger partial charge in [-0.15, -0.1) is 0 Å². The highest BCUT2D eigenvalue weighted by Crippen LogP contribution is 2.26. The van der Waals surface area contributed by atoms with Crippen LogP contribution in [-0.4, -0.2) is 30.1 Å². The Morgan fingerprint density at radius 3 is 2.58 bits per heavy atom. The van der Waals surface area contributed by atoms with E-state index in [1.807, 2.05) is 25.1 Å². The summed E-state index contributed by atoms with van der Waals surface area (Å²) in [5.74, 6) is 1.69. The van der Waals surface area contributed by atoms with Crippen LogP contribution in [0.5, 0.6) is 11.5 Å². The number of aromatic nitrogens is 2. The van der Waals surface area contributed by atoms with Gasteiger partial charge in [0, 0.05) is 0 Å². The summed E-state index contributed by atoms with van der Waals surface area (Å²) in [6.45, 7) is 1.86. The van der Waals surface area contributed by atoms with Crippen molar-refractivity contribution in [3.8, 4) is 11.5 Å². The van der Waals surface area contributed by atoms with E-state index in [0.29, 0.717) is 17.4 Å². The molecule has 0 aliphatic carbocycles. The maximum Gasteiger partial charge on any atom is 0.221 e. The number of nitrogen functional groups attached to an aromatic ring is 1. The van der Waals surface area contributed by atoms with Gasteiger partial charge >= 0.3 is 0 Å². The summed E-state index contributed by atoms with van der Waals surface area (Å²) in [7, 11) is 3.19. The zero-order valence-corrected chi connectivity index (χ0v) is 11.1. The van der Waals surface area contributed by atoms with Gasteiger partial charge in [0.2, 0.25) is 5.95 Å². The topological polar surface area (TPSA) is 74.7 Å². The van der Waals surface area contributed by atoms with Gasteiger partial charge in [0.15, 0.2) is 11.5 Å². The predicted octanol–water partition coefficient (Wildman–Crippen LogP) is 1.67. The first-order valence-corrected chi connectivity index (χ1v) is 5.72. The molecule has 2 aromatic rings. The second-order valence-electron chi connectivity index (χ2n) is 3.94. The molecule has 6 nitrogen and oxygen atoms in total. The van der Waals surface area contributed by atoms with Crippen LogP contribution >= 0.6 is 0 Å². The molecule has 19 heavy (non-hydrogen) atoms. The predicted molar refractivity (Wildman–Crippen MR) is 73.9 cm³/mol. The van der Waals surface area contributed by atoms with E-state index in [1.54, 1.807) is 26.6 Å². The number of hydrogen-bond acceptors (Lipinski definition) is 5. The Morgan fingerprint density at radius 2 is 2.00 bits per heavy atom. The number of hydrogen-bond donors (Lipinski definition) is 1. The summed E-state index contributed by atoms with van der Waals surface area (Å²) >= 11 is 0. The third kappa shape index (κ3) is 2.85. The minimum absolute atomic E-state index is 0.356. The standard InChI is InChI=1S/C13H16N4O2/c1-9-8-17(13(14)16-9)15-7-10-4-5-11(18-2)12(6-10)19-3/h4-8H,1-3H3,(H2,14,16). The molecular weight excluding hydrogens is 244 g/mol. The molecule has 1 aromatic carbocycles. The fraction of sp³-hybridized carbons (Fsp3) is 0.231. The number of nitrogens with zero attached hydrogens (tertiary/aromatic N) is 3. The zero-order valence-electron chi connectivity index (χ0n) is 11.1. The summed E-state index contributed by atoms with van der Waals surface area (Å²) in [6, 6.07) is 5.54. The van der Waals surface area contributed by atoms with E-state index in [9.17, 15) is 0 Å². The van der Waals surface area contributed by atoms with E-state index in [4.69, 9.17) is 15.2 Å². The molecule has 0 fully saturated rings. The summed E-state index contributed by atoms with van der Waals surface area (Å²) < 4.78 is 11.9. The Hall–Kier alpha value is -2.50. The SMILES string of the molecule is COc1ccc(C=Nn2cc(C)nc2N)cc1OC. The fourth-order valence-electron chi connectivity index (χ4n) is 1.66. The first kappa shape index (κ1) is 12.9. The van der Waals surface area contributed by atoms with Crippen LogP contribution < -0.4 is 15.2 Å². The van der Waals surface area contributed by atoms with E-state index in [0.717, 1.165) is 11.3 Å². The molecule has 1 aromatic heterocycles. The molecule has 6 heteroatoms. The van der Waals surface area contributed by atoms with Crippen molar-refractivity contribution in [2.45, 2.75) is 6.92 Å². The number of imidazole rings is 1. The highest BCUT2D eigenvalue weighted by Gasteiger charge is 2.03. The number of methoxy groups -OCH3 is 2. The number of nitrogens with two attached hydrogens (primary N) is 1. The second-order valence-corrected chi connectivity index (χ2v) is 3.94. The minimum atomic E-state index is 0.356. The first-order chi connectivity index (χ1) is 9.13. The van der Waals surface area contributed by atoms with Gasteiger partial charge in [-0.05, 0) is 30.7 Å². The van der Waals surface area contributed by atoms with Crippen LogP contribution in [0.25, 0.3) is 0 Å². The van der Waals surface area contributed by atoms with Crippen molar-refractivity contribution in [3.05, 3.63) is 35.7 Å². The summed E-state index contributed by atoms with van der Waals surface area (Å²) in [6.07, 6.45) is 3.44. The van der Waals surface area contributed by atoms with Gasteiger partial charge in [-0.1, -0.05) is 0 Å². The van der Waals surface area contributed by atoms with E-state index in [2.05, 4.69) is 10.1 Å². The van der Waals surface area contributed by atoms with Gasteiger partial charge in [-0.3, -0.25) is 0 Å². The van der Waals surface area contributed by atoms with Crippen molar-refractivity contribution >= 4 is 12.2 Å². The van der Waals surface area contributed by atoms with Gasteiger partial charge in [0.05, 0.1) is 32.3 Å². The first-order valence-electron chi connectivity index (χ1n) is 5.72. The quantitative estimate of drug-likeness (QED) is 0.848. The summed E-state index contributed by atoms with van der Waals surface area (Å²) in [4.78, 5) is 4.07. The molecule has 0 saturated carbocycles. The maximum absolute atomic E-state index is 5.70. The zero-order chi connectivity index (χ0) is 13.8. The number of aryl methyl sites for hydroxylation is 1. The highest BCUT2D eigenvalue weighted by molar-refractivity contribution is 5.80. The van der Waals surface area contributed by atoms with Crippen LogP contribution in [0.15, 0.2) is 29.5 Å². The lowest BCUT2D eigenvalue weighted by molar-refractivity contribution is 0.355. The van der Waals surface area contributed by atoms with Crippen molar-refractivity contribution in [1.29, 1.82) is 0 Å². The molecule has 0 radical (unpaired) electrons. The van der Waals surface area contributed by atoms with Crippen molar-refractivity contribution in [3.63, 3.8) is 0 Å². The number of anilines is 1. The van der Waals surface area contributed by atoms with E-state index in [-0.39, 0.29) is 0 Å². The largest absolute Gasteiger partial charge is 0.493 e. The Bertz CT molecular complexity index is 605. The molecule has 2 rings (SSSR count). The van der Waals surface area contributed by atoms with E-state index >= 15 is 0 Å². The smallest absolute Gasteiger partial charge is 0.221 e. The molecule has 0 amide bonds. The summed E-state index contributed by atoms with van der Waals surface area (Å²) in [5.41, 5.74) is 7.40. The third-order valence-corrected chi connectivity index (χ3v) is 2.57. The molecule has 0 spiro atoms. The molecule has 0 unspecified atom stereocenters. The number of ether oxygens (including phenoxy) is 2. The Kier molecular flexibility index (Phi) is 3.70. The molecule has 0 saturated heterocycles. The molecule has 2 N–H and O–H groups in total. The Balaban J connectivity index is 2.26. The molecule has 1 heterocycles. The van der Waals surface area contributed by atoms with Gasteiger partial charge in [-0.25, -0.2) is 9.66 Å². The molecular formula is C13H16N4O2. The number of benzene rings is 1. The van der Waals surface area contributed by atoms with E-state index < -0.39 is 0 Å². The van der Waals surface area contributed by atoms with Gasteiger partial charge in [0.25, 0.3) is 0 Å². The lowest BCUT2D eigenvalue weighted by Crippen LogP contribution is -1.97. The Morgan fingerprint density at radius 1 is 1.26 bits per heavy atom. The molecule has 0 aliphatic heterocycles. The molecule has 0 atom stereocenters. The monoisotopic (exact) mass is 260 g/mol. The van der Waals surface area contributed by atoms with Crippen LogP contribution in [-0.2, 0) is 0 Å². The van der Waals surface area contributed by atoms with Crippen molar-refractivity contribution in [2.75, 3.05) is 20.0 Å². The fourth-order valence-corrected chi connectivity index (χ4v) is 1.66. The van der Waals surface area contributed by atoms with Crippen LogP contribution in [0.4, 0.5) is 5.95 Å².